The van der Waals surface area contributed by atoms with Crippen LogP contribution in [-0.4, -0.2) is 15.3 Å². The van der Waals surface area contributed by atoms with Crippen molar-refractivity contribution in [3.05, 3.63) is 0 Å². The quantitative estimate of drug-likeness (QED) is 0.286. The van der Waals surface area contributed by atoms with E-state index in [0.717, 1.165) is 6.42 Å². The van der Waals surface area contributed by atoms with E-state index in [4.69, 9.17) is 10.9 Å². The fourth-order valence-electron chi connectivity index (χ4n) is 0.390. The average Bonchev–Trinajstić information content (AvgIpc) is 1.65. The number of hydrogen-bond acceptors (Lipinski definition) is 3. The summed E-state index contributed by atoms with van der Waals surface area (Å²) in [7, 11) is 0. The highest BCUT2D eigenvalue weighted by Crippen LogP contribution is 2.00. The van der Waals surface area contributed by atoms with Gasteiger partial charge in [0.15, 0.2) is 0 Å². The Morgan fingerprint density at radius 1 is 1.88 bits per heavy atom. The lowest BCUT2D eigenvalue weighted by Crippen LogP contribution is -2.28. The number of hydroxylamine groups is 1. The first kappa shape index (κ1) is 8.61. The van der Waals surface area contributed by atoms with Crippen molar-refractivity contribution in [2.45, 2.75) is 23.4 Å². The molecule has 50 valence electrons. The van der Waals surface area contributed by atoms with Gasteiger partial charge in [0.05, 0.1) is 4.05 Å². The van der Waals surface area contributed by atoms with Gasteiger partial charge < -0.3 is 10.9 Å². The van der Waals surface area contributed by atoms with Crippen molar-refractivity contribution in [3.8, 4) is 0 Å². The van der Waals surface area contributed by atoms with Crippen LogP contribution < -0.4 is 11.2 Å². The van der Waals surface area contributed by atoms with Crippen molar-refractivity contribution >= 4 is 22.6 Å². The molecule has 8 heavy (non-hydrogen) atoms. The summed E-state index contributed by atoms with van der Waals surface area (Å²) in [6, 6.07) is 0.0990. The van der Waals surface area contributed by atoms with Gasteiger partial charge in [-0.2, -0.15) is 0 Å². The minimum atomic E-state index is 0.0990. The van der Waals surface area contributed by atoms with Gasteiger partial charge >= 0.3 is 0 Å². The van der Waals surface area contributed by atoms with E-state index in [1.54, 1.807) is 0 Å². The first-order valence-electron chi connectivity index (χ1n) is 2.46. The summed E-state index contributed by atoms with van der Waals surface area (Å²) in [6.07, 6.45) is 0.789. The molecule has 0 spiro atoms. The maximum atomic E-state index is 8.27. The molecule has 0 radical (unpaired) electrons. The molecule has 0 amide bonds. The first-order chi connectivity index (χ1) is 3.66. The predicted molar refractivity (Wildman–Crippen MR) is 41.0 cm³/mol. The maximum absolute atomic E-state index is 8.27. The molecule has 3 nitrogen and oxygen atoms in total. The van der Waals surface area contributed by atoms with Gasteiger partial charge in [0, 0.05) is 6.04 Å². The summed E-state index contributed by atoms with van der Waals surface area (Å²) >= 11 is 2.11. The van der Waals surface area contributed by atoms with E-state index in [-0.39, 0.29) is 10.1 Å². The zero-order valence-corrected chi connectivity index (χ0v) is 6.92. The van der Waals surface area contributed by atoms with E-state index in [1.807, 2.05) is 6.92 Å². The predicted octanol–water partition coefficient (Wildman–Crippen LogP) is 0.464. The lowest BCUT2D eigenvalue weighted by Gasteiger charge is -2.08. The lowest BCUT2D eigenvalue weighted by atomic mass is 10.2. The van der Waals surface area contributed by atoms with E-state index in [0.29, 0.717) is 0 Å². The molecule has 0 heterocycles. The van der Waals surface area contributed by atoms with Gasteiger partial charge in [0.25, 0.3) is 0 Å². The number of halogens is 1. The number of alkyl halides is 1. The zero-order chi connectivity index (χ0) is 6.57. The standard InChI is InChI=1S/C4H11IN2O/c1-3(7-8)2-4(5)6/h3-4,7-8H,2,6H2,1H3. The summed E-state index contributed by atoms with van der Waals surface area (Å²) in [6.45, 7) is 1.87. The van der Waals surface area contributed by atoms with Gasteiger partial charge in [-0.15, -0.1) is 0 Å². The minimum absolute atomic E-state index is 0.0990. The fraction of sp³-hybridized carbons (Fsp3) is 1.00. The summed E-state index contributed by atoms with van der Waals surface area (Å²) in [4.78, 5) is 0. The molecule has 0 saturated heterocycles. The van der Waals surface area contributed by atoms with Crippen LogP contribution in [0.25, 0.3) is 0 Å². The Morgan fingerprint density at radius 2 is 2.38 bits per heavy atom. The number of rotatable bonds is 3. The largest absolute Gasteiger partial charge is 0.319 e. The Bertz CT molecular complexity index is 60.0. The van der Waals surface area contributed by atoms with E-state index < -0.39 is 0 Å². The highest BCUT2D eigenvalue weighted by atomic mass is 127. The molecule has 0 aliphatic heterocycles. The highest BCUT2D eigenvalue weighted by Gasteiger charge is 2.02. The minimum Gasteiger partial charge on any atom is -0.319 e. The molecule has 0 aliphatic carbocycles. The molecule has 4 heteroatoms. The van der Waals surface area contributed by atoms with Gasteiger partial charge in [0.1, 0.15) is 0 Å². The second-order valence-electron chi connectivity index (χ2n) is 1.78. The van der Waals surface area contributed by atoms with Gasteiger partial charge in [0.2, 0.25) is 0 Å². The average molecular weight is 230 g/mol. The Hall–Kier alpha value is 0.610. The van der Waals surface area contributed by atoms with Crippen LogP contribution in [0.5, 0.6) is 0 Å². The molecule has 0 saturated carbocycles. The van der Waals surface area contributed by atoms with Crippen LogP contribution in [0.3, 0.4) is 0 Å². The van der Waals surface area contributed by atoms with Crippen molar-refractivity contribution in [1.29, 1.82) is 0 Å². The SMILES string of the molecule is CC(CC(N)I)NO. The Labute approximate surface area is 62.7 Å². The third kappa shape index (κ3) is 4.76. The van der Waals surface area contributed by atoms with Crippen LogP contribution >= 0.6 is 22.6 Å². The number of hydrogen-bond donors (Lipinski definition) is 3. The van der Waals surface area contributed by atoms with Gasteiger partial charge in [-0.05, 0) is 13.3 Å². The smallest absolute Gasteiger partial charge is 0.0584 e. The molecule has 0 bridgehead atoms. The maximum Gasteiger partial charge on any atom is 0.0584 e. The molecular weight excluding hydrogens is 219 g/mol. The van der Waals surface area contributed by atoms with Crippen LogP contribution in [-0.2, 0) is 0 Å². The summed E-state index contributed by atoms with van der Waals surface area (Å²) in [5.41, 5.74) is 7.52. The molecule has 2 atom stereocenters. The molecule has 0 fully saturated rings. The summed E-state index contributed by atoms with van der Waals surface area (Å²) in [5, 5.41) is 8.27. The third-order valence-corrected chi connectivity index (χ3v) is 1.31. The van der Waals surface area contributed by atoms with E-state index in [9.17, 15) is 0 Å². The van der Waals surface area contributed by atoms with Crippen LogP contribution in [0.2, 0.25) is 0 Å². The molecule has 0 aliphatic rings. The van der Waals surface area contributed by atoms with Gasteiger partial charge in [-0.3, -0.25) is 0 Å². The number of nitrogens with one attached hydrogen (secondary N) is 1. The van der Waals surface area contributed by atoms with Crippen molar-refractivity contribution in [1.82, 2.24) is 5.48 Å². The highest BCUT2D eigenvalue weighted by molar-refractivity contribution is 14.1. The molecule has 2 unspecified atom stereocenters. The molecular formula is C4H11IN2O. The Balaban J connectivity index is 3.10. The fourth-order valence-corrected chi connectivity index (χ4v) is 1.15. The first-order valence-corrected chi connectivity index (χ1v) is 3.70. The second-order valence-corrected chi connectivity index (χ2v) is 3.38. The van der Waals surface area contributed by atoms with Crippen LogP contribution in [0.4, 0.5) is 0 Å². The summed E-state index contributed by atoms with van der Waals surface area (Å²) < 4.78 is 0.127. The Kier molecular flexibility index (Phi) is 4.83. The second kappa shape index (κ2) is 4.49. The van der Waals surface area contributed by atoms with Gasteiger partial charge in [-0.1, -0.05) is 22.6 Å². The van der Waals surface area contributed by atoms with Crippen molar-refractivity contribution in [2.75, 3.05) is 0 Å². The molecule has 0 aromatic rings. The zero-order valence-electron chi connectivity index (χ0n) is 4.76. The van der Waals surface area contributed by atoms with Crippen LogP contribution in [0.1, 0.15) is 13.3 Å². The lowest BCUT2D eigenvalue weighted by molar-refractivity contribution is 0.129. The van der Waals surface area contributed by atoms with Crippen molar-refractivity contribution in [2.24, 2.45) is 5.73 Å². The molecule has 0 aromatic heterocycles. The Morgan fingerprint density at radius 3 is 2.50 bits per heavy atom. The third-order valence-electron chi connectivity index (χ3n) is 0.799. The van der Waals surface area contributed by atoms with Crippen LogP contribution in [0, 0.1) is 0 Å². The normalized spacial score (nSPS) is 18.0. The van der Waals surface area contributed by atoms with Crippen molar-refractivity contribution in [3.63, 3.8) is 0 Å². The molecule has 4 N–H and O–H groups in total. The number of nitrogens with two attached hydrogens (primary N) is 1. The van der Waals surface area contributed by atoms with E-state index in [1.165, 1.54) is 0 Å². The molecule has 0 rings (SSSR count). The van der Waals surface area contributed by atoms with Gasteiger partial charge in [-0.25, -0.2) is 5.48 Å². The monoisotopic (exact) mass is 230 g/mol. The molecule has 0 aromatic carbocycles. The topological polar surface area (TPSA) is 58.3 Å². The van der Waals surface area contributed by atoms with E-state index in [2.05, 4.69) is 28.1 Å². The van der Waals surface area contributed by atoms with Crippen LogP contribution in [0.15, 0.2) is 0 Å². The van der Waals surface area contributed by atoms with Crippen molar-refractivity contribution < 1.29 is 5.21 Å². The summed E-state index contributed by atoms with van der Waals surface area (Å²) in [5.74, 6) is 0. The van der Waals surface area contributed by atoms with E-state index >= 15 is 0 Å².